The molecule has 2 heterocycles. The third kappa shape index (κ3) is 2.89. The van der Waals surface area contributed by atoms with Crippen LogP contribution in [0.1, 0.15) is 29.8 Å². The van der Waals surface area contributed by atoms with Gasteiger partial charge in [0.05, 0.1) is 6.04 Å². The first-order chi connectivity index (χ1) is 10.8. The van der Waals surface area contributed by atoms with E-state index in [2.05, 4.69) is 72.0 Å². The molecule has 0 saturated carbocycles. The second kappa shape index (κ2) is 6.60. The van der Waals surface area contributed by atoms with Crippen LogP contribution in [0.25, 0.3) is 10.9 Å². The first kappa shape index (κ1) is 16.4. The molecule has 1 aliphatic heterocycles. The van der Waals surface area contributed by atoms with Gasteiger partial charge in [-0.3, -0.25) is 0 Å². The third-order valence-electron chi connectivity index (χ3n) is 4.53. The van der Waals surface area contributed by atoms with Gasteiger partial charge in [0.25, 0.3) is 0 Å². The van der Waals surface area contributed by atoms with Gasteiger partial charge in [0.1, 0.15) is 0 Å². The summed E-state index contributed by atoms with van der Waals surface area (Å²) in [5.41, 5.74) is 5.38. The number of fused-ring (bicyclic) bond motifs is 3. The SMILES string of the molecule is CSc1ccc2[nH]c3c(c2c1)CC(C)NC3c1ccccc1.Cl. The molecule has 0 aliphatic carbocycles. The minimum atomic E-state index is 0. The first-order valence-corrected chi connectivity index (χ1v) is 8.98. The van der Waals surface area contributed by atoms with Gasteiger partial charge in [0.2, 0.25) is 0 Å². The Balaban J connectivity index is 0.00000156. The monoisotopic (exact) mass is 344 g/mol. The lowest BCUT2D eigenvalue weighted by Gasteiger charge is -2.29. The zero-order valence-corrected chi connectivity index (χ0v) is 14.9. The molecule has 2 aromatic carbocycles. The molecule has 2 nitrogen and oxygen atoms in total. The average molecular weight is 345 g/mol. The number of hydrogen-bond donors (Lipinski definition) is 2. The summed E-state index contributed by atoms with van der Waals surface area (Å²) in [5.74, 6) is 0. The predicted octanol–water partition coefficient (Wildman–Crippen LogP) is 4.94. The van der Waals surface area contributed by atoms with Crippen LogP contribution < -0.4 is 5.32 Å². The van der Waals surface area contributed by atoms with E-state index in [0.29, 0.717) is 6.04 Å². The lowest BCUT2D eigenvalue weighted by molar-refractivity contribution is 0.460. The normalized spacial score (nSPS) is 20.1. The van der Waals surface area contributed by atoms with Crippen molar-refractivity contribution in [3.05, 3.63) is 65.4 Å². The summed E-state index contributed by atoms with van der Waals surface area (Å²) in [6, 6.07) is 18.2. The van der Waals surface area contributed by atoms with Gasteiger partial charge in [-0.1, -0.05) is 30.3 Å². The summed E-state index contributed by atoms with van der Waals surface area (Å²) < 4.78 is 0. The van der Waals surface area contributed by atoms with E-state index < -0.39 is 0 Å². The number of aromatic amines is 1. The van der Waals surface area contributed by atoms with E-state index in [1.165, 1.54) is 32.6 Å². The number of H-pyrrole nitrogens is 1. The molecule has 2 N–H and O–H groups in total. The van der Waals surface area contributed by atoms with Gasteiger partial charge in [0, 0.05) is 27.5 Å². The fourth-order valence-electron chi connectivity index (χ4n) is 3.48. The highest BCUT2D eigenvalue weighted by molar-refractivity contribution is 7.98. The number of halogens is 1. The molecule has 0 radical (unpaired) electrons. The molecule has 2 atom stereocenters. The van der Waals surface area contributed by atoms with E-state index in [9.17, 15) is 0 Å². The van der Waals surface area contributed by atoms with E-state index in [1.807, 2.05) is 0 Å². The van der Waals surface area contributed by atoms with Crippen molar-refractivity contribution in [2.45, 2.75) is 30.3 Å². The van der Waals surface area contributed by atoms with Crippen LogP contribution in [0.4, 0.5) is 0 Å². The topological polar surface area (TPSA) is 27.8 Å². The van der Waals surface area contributed by atoms with E-state index >= 15 is 0 Å². The predicted molar refractivity (Wildman–Crippen MR) is 102 cm³/mol. The summed E-state index contributed by atoms with van der Waals surface area (Å²) in [4.78, 5) is 5.00. The van der Waals surface area contributed by atoms with Gasteiger partial charge >= 0.3 is 0 Å². The lowest BCUT2D eigenvalue weighted by Crippen LogP contribution is -2.37. The minimum absolute atomic E-state index is 0. The molecule has 1 aromatic heterocycles. The second-order valence-corrected chi connectivity index (χ2v) is 6.92. The van der Waals surface area contributed by atoms with Gasteiger partial charge in [-0.05, 0) is 48.9 Å². The van der Waals surface area contributed by atoms with Crippen LogP contribution in [0, 0.1) is 0 Å². The molecular formula is C19H21ClN2S. The summed E-state index contributed by atoms with van der Waals surface area (Å²) in [7, 11) is 0. The Morgan fingerprint density at radius 3 is 2.61 bits per heavy atom. The van der Waals surface area contributed by atoms with E-state index in [1.54, 1.807) is 11.8 Å². The molecule has 0 fully saturated rings. The van der Waals surface area contributed by atoms with Crippen molar-refractivity contribution in [3.8, 4) is 0 Å². The van der Waals surface area contributed by atoms with Gasteiger partial charge in [-0.15, -0.1) is 24.2 Å². The summed E-state index contributed by atoms with van der Waals surface area (Å²) in [6.45, 7) is 2.27. The van der Waals surface area contributed by atoms with Gasteiger partial charge in [0.15, 0.2) is 0 Å². The van der Waals surface area contributed by atoms with E-state index in [-0.39, 0.29) is 18.4 Å². The standard InChI is InChI=1S/C19H20N2S.ClH/c1-12-10-16-15-11-14(22-2)8-9-17(15)21-19(16)18(20-12)13-6-4-3-5-7-13;/h3-9,11-12,18,20-21H,10H2,1-2H3;1H. The van der Waals surface area contributed by atoms with Crippen LogP contribution >= 0.6 is 24.2 Å². The minimum Gasteiger partial charge on any atom is -0.357 e. The Morgan fingerprint density at radius 2 is 1.87 bits per heavy atom. The van der Waals surface area contributed by atoms with Gasteiger partial charge in [-0.25, -0.2) is 0 Å². The summed E-state index contributed by atoms with van der Waals surface area (Å²) >= 11 is 1.81. The first-order valence-electron chi connectivity index (χ1n) is 7.75. The molecule has 23 heavy (non-hydrogen) atoms. The fourth-order valence-corrected chi connectivity index (χ4v) is 3.92. The third-order valence-corrected chi connectivity index (χ3v) is 5.25. The highest BCUT2D eigenvalue weighted by atomic mass is 35.5. The summed E-state index contributed by atoms with van der Waals surface area (Å²) in [5, 5.41) is 5.13. The van der Waals surface area contributed by atoms with Crippen LogP contribution in [-0.2, 0) is 6.42 Å². The van der Waals surface area contributed by atoms with Crippen molar-refractivity contribution in [3.63, 3.8) is 0 Å². The van der Waals surface area contributed by atoms with Crippen LogP contribution in [0.2, 0.25) is 0 Å². The van der Waals surface area contributed by atoms with Crippen LogP contribution in [0.5, 0.6) is 0 Å². The van der Waals surface area contributed by atoms with Crippen LogP contribution in [0.3, 0.4) is 0 Å². The number of benzene rings is 2. The Bertz CT molecular complexity index is 813. The van der Waals surface area contributed by atoms with Gasteiger partial charge < -0.3 is 10.3 Å². The molecule has 2 unspecified atom stereocenters. The Hall–Kier alpha value is -1.42. The molecule has 4 rings (SSSR count). The maximum absolute atomic E-state index is 3.74. The molecule has 1 aliphatic rings. The average Bonchev–Trinajstić information content (AvgIpc) is 2.92. The number of thioether (sulfide) groups is 1. The van der Waals surface area contributed by atoms with Crippen molar-refractivity contribution >= 4 is 35.1 Å². The molecular weight excluding hydrogens is 324 g/mol. The van der Waals surface area contributed by atoms with Crippen molar-refractivity contribution < 1.29 is 0 Å². The van der Waals surface area contributed by atoms with Gasteiger partial charge in [-0.2, -0.15) is 0 Å². The van der Waals surface area contributed by atoms with Crippen LogP contribution in [0.15, 0.2) is 53.4 Å². The molecule has 0 amide bonds. The maximum Gasteiger partial charge on any atom is 0.0734 e. The molecule has 0 bridgehead atoms. The highest BCUT2D eigenvalue weighted by Crippen LogP contribution is 2.36. The van der Waals surface area contributed by atoms with E-state index in [0.717, 1.165) is 6.42 Å². The molecule has 120 valence electrons. The molecule has 3 aromatic rings. The number of aromatic nitrogens is 1. The number of rotatable bonds is 2. The van der Waals surface area contributed by atoms with Crippen LogP contribution in [-0.4, -0.2) is 17.3 Å². The van der Waals surface area contributed by atoms with Crippen molar-refractivity contribution in [2.75, 3.05) is 6.26 Å². The van der Waals surface area contributed by atoms with Crippen molar-refractivity contribution in [1.29, 1.82) is 0 Å². The maximum atomic E-state index is 3.74. The number of nitrogens with one attached hydrogen (secondary N) is 2. The Labute approximate surface area is 147 Å². The molecule has 0 saturated heterocycles. The van der Waals surface area contributed by atoms with Crippen molar-refractivity contribution in [2.24, 2.45) is 0 Å². The zero-order valence-electron chi connectivity index (χ0n) is 13.3. The smallest absolute Gasteiger partial charge is 0.0734 e. The Kier molecular flexibility index (Phi) is 4.72. The second-order valence-electron chi connectivity index (χ2n) is 6.04. The Morgan fingerprint density at radius 1 is 1.09 bits per heavy atom. The number of hydrogen-bond acceptors (Lipinski definition) is 2. The highest BCUT2D eigenvalue weighted by Gasteiger charge is 2.28. The summed E-state index contributed by atoms with van der Waals surface area (Å²) in [6.07, 6.45) is 3.22. The van der Waals surface area contributed by atoms with Crippen molar-refractivity contribution in [1.82, 2.24) is 10.3 Å². The molecule has 4 heteroatoms. The quantitative estimate of drug-likeness (QED) is 0.645. The lowest BCUT2D eigenvalue weighted by atomic mass is 9.91. The van der Waals surface area contributed by atoms with E-state index in [4.69, 9.17) is 0 Å². The zero-order chi connectivity index (χ0) is 15.1. The largest absolute Gasteiger partial charge is 0.357 e. The fraction of sp³-hybridized carbons (Fsp3) is 0.263. The molecule has 0 spiro atoms.